The Balaban J connectivity index is 1.57. The number of aliphatic hydroxyl groups is 1. The number of nitrogens with zero attached hydrogens (tertiary/aromatic N) is 4. The predicted molar refractivity (Wildman–Crippen MR) is 191 cm³/mol. The number of aliphatic hydroxyl groups excluding tert-OH is 1. The maximum absolute atomic E-state index is 14.7. The molecule has 2 atom stereocenters. The number of benzene rings is 4. The summed E-state index contributed by atoms with van der Waals surface area (Å²) >= 11 is 13.1. The molecule has 0 radical (unpaired) electrons. The number of carbonyl (C=O) groups excluding carboxylic acids is 1. The first-order valence-corrected chi connectivity index (χ1v) is 16.4. The number of aliphatic imine (C=N–C) groups is 1. The number of hydrogen-bond acceptors (Lipinski definition) is 9. The van der Waals surface area contributed by atoms with Crippen LogP contribution in [0.4, 0.5) is 0 Å². The van der Waals surface area contributed by atoms with Gasteiger partial charge in [0.15, 0.2) is 11.6 Å². The monoisotopic (exact) mass is 718 g/mol. The third-order valence-corrected chi connectivity index (χ3v) is 8.69. The second-order valence-electron chi connectivity index (χ2n) is 11.3. The van der Waals surface area contributed by atoms with Gasteiger partial charge in [0.25, 0.3) is 5.91 Å². The minimum atomic E-state index is -1.62. The maximum Gasteiger partial charge on any atom is 0.266 e. The Labute approximate surface area is 299 Å². The minimum Gasteiger partial charge on any atom is -0.497 e. The molecule has 0 saturated heterocycles. The zero-order chi connectivity index (χ0) is 35.5. The van der Waals surface area contributed by atoms with E-state index in [0.29, 0.717) is 51.4 Å². The Morgan fingerprint density at radius 2 is 1.76 bits per heavy atom. The van der Waals surface area contributed by atoms with Crippen LogP contribution in [0.2, 0.25) is 10.0 Å². The summed E-state index contributed by atoms with van der Waals surface area (Å²) in [4.78, 5) is 22.7. The number of methoxy groups -OCH3 is 2. The van der Waals surface area contributed by atoms with E-state index in [1.165, 1.54) is 0 Å². The van der Waals surface area contributed by atoms with E-state index >= 15 is 0 Å². The minimum absolute atomic E-state index is 0.0238. The van der Waals surface area contributed by atoms with Crippen molar-refractivity contribution in [1.29, 1.82) is 0 Å². The molecule has 12 nitrogen and oxygen atoms in total. The molecule has 1 aliphatic rings. The van der Waals surface area contributed by atoms with Gasteiger partial charge < -0.3 is 24.1 Å². The summed E-state index contributed by atoms with van der Waals surface area (Å²) in [5, 5.41) is 13.6. The summed E-state index contributed by atoms with van der Waals surface area (Å²) in [5.41, 5.74) is 16.7. The summed E-state index contributed by atoms with van der Waals surface area (Å²) in [7, 11) is 3.13. The molecule has 0 spiro atoms. The third kappa shape index (κ3) is 8.42. The SMILES string of the molecule is COc1ccc(CNNC(=O)[C@@]2(Cc3ccccc3CN=[N+]=[N-])N=C(c3ccc(OCCCO)cc3)O[C@H]2c2ccc(Cl)cc2Cl)c(OC)c1. The molecule has 4 aromatic carbocycles. The number of nitrogens with one attached hydrogen (secondary N) is 2. The molecule has 260 valence electrons. The Morgan fingerprint density at radius 1 is 1.00 bits per heavy atom. The van der Waals surface area contributed by atoms with E-state index in [1.807, 2.05) is 30.3 Å². The van der Waals surface area contributed by atoms with Crippen LogP contribution < -0.4 is 25.1 Å². The van der Waals surface area contributed by atoms with Gasteiger partial charge in [-0.3, -0.25) is 10.2 Å². The normalized spacial score (nSPS) is 16.5. The smallest absolute Gasteiger partial charge is 0.266 e. The van der Waals surface area contributed by atoms with Crippen LogP contribution in [0.5, 0.6) is 17.2 Å². The van der Waals surface area contributed by atoms with Crippen LogP contribution in [0.25, 0.3) is 10.4 Å². The third-order valence-electron chi connectivity index (χ3n) is 8.13. The van der Waals surface area contributed by atoms with E-state index in [2.05, 4.69) is 20.9 Å². The number of hydrogen-bond donors (Lipinski definition) is 3. The Bertz CT molecular complexity index is 1890. The molecule has 5 rings (SSSR count). The van der Waals surface area contributed by atoms with Gasteiger partial charge in [0, 0.05) is 63.7 Å². The van der Waals surface area contributed by atoms with Crippen molar-refractivity contribution < 1.29 is 28.8 Å². The fourth-order valence-corrected chi connectivity index (χ4v) is 6.09. The number of halogens is 2. The van der Waals surface area contributed by atoms with Crippen LogP contribution in [0, 0.1) is 0 Å². The highest BCUT2D eigenvalue weighted by molar-refractivity contribution is 6.35. The topological polar surface area (TPSA) is 159 Å². The van der Waals surface area contributed by atoms with Crippen molar-refractivity contribution in [2.45, 2.75) is 37.6 Å². The average Bonchev–Trinajstić information content (AvgIpc) is 3.51. The molecule has 50 heavy (non-hydrogen) atoms. The van der Waals surface area contributed by atoms with Crippen molar-refractivity contribution >= 4 is 35.0 Å². The Morgan fingerprint density at radius 3 is 2.46 bits per heavy atom. The number of hydrazine groups is 1. The van der Waals surface area contributed by atoms with Gasteiger partial charge in [-0.05, 0) is 59.1 Å². The van der Waals surface area contributed by atoms with Gasteiger partial charge in [-0.1, -0.05) is 64.7 Å². The quantitative estimate of drug-likeness (QED) is 0.0373. The summed E-state index contributed by atoms with van der Waals surface area (Å²) in [6, 6.07) is 24.8. The molecule has 4 aromatic rings. The van der Waals surface area contributed by atoms with Crippen LogP contribution in [0.3, 0.4) is 0 Å². The highest BCUT2D eigenvalue weighted by atomic mass is 35.5. The number of rotatable bonds is 16. The van der Waals surface area contributed by atoms with Crippen molar-refractivity contribution in [2.24, 2.45) is 10.1 Å². The molecule has 1 heterocycles. The number of amides is 1. The highest BCUT2D eigenvalue weighted by Crippen LogP contribution is 2.45. The van der Waals surface area contributed by atoms with Crippen LogP contribution in [0.1, 0.15) is 40.3 Å². The van der Waals surface area contributed by atoms with Gasteiger partial charge in [0.2, 0.25) is 5.90 Å². The fraction of sp³-hybridized carbons (Fsp3) is 0.278. The van der Waals surface area contributed by atoms with Crippen LogP contribution in [0.15, 0.2) is 95.0 Å². The molecule has 0 bridgehead atoms. The highest BCUT2D eigenvalue weighted by Gasteiger charge is 2.54. The van der Waals surface area contributed by atoms with Gasteiger partial charge in [-0.15, -0.1) is 0 Å². The summed E-state index contributed by atoms with van der Waals surface area (Å²) < 4.78 is 23.1. The molecule has 0 unspecified atom stereocenters. The van der Waals surface area contributed by atoms with E-state index in [-0.39, 0.29) is 32.0 Å². The van der Waals surface area contributed by atoms with Crippen molar-refractivity contribution in [2.75, 3.05) is 27.4 Å². The number of carbonyl (C=O) groups is 1. The molecule has 14 heteroatoms. The van der Waals surface area contributed by atoms with Gasteiger partial charge in [-0.2, -0.15) is 0 Å². The lowest BCUT2D eigenvalue weighted by molar-refractivity contribution is -0.130. The maximum atomic E-state index is 14.7. The van der Waals surface area contributed by atoms with E-state index < -0.39 is 17.6 Å². The van der Waals surface area contributed by atoms with Gasteiger partial charge in [0.05, 0.1) is 27.4 Å². The van der Waals surface area contributed by atoms with Gasteiger partial charge >= 0.3 is 0 Å². The Kier molecular flexibility index (Phi) is 12.4. The first kappa shape index (κ1) is 36.3. The second-order valence-corrected chi connectivity index (χ2v) is 12.1. The van der Waals surface area contributed by atoms with Crippen molar-refractivity contribution in [3.05, 3.63) is 133 Å². The predicted octanol–water partition coefficient (Wildman–Crippen LogP) is 6.90. The Hall–Kier alpha value is -4.97. The zero-order valence-corrected chi connectivity index (χ0v) is 28.9. The van der Waals surface area contributed by atoms with Crippen molar-refractivity contribution in [3.63, 3.8) is 0 Å². The average molecular weight is 720 g/mol. The first-order valence-electron chi connectivity index (χ1n) is 15.7. The lowest BCUT2D eigenvalue weighted by Gasteiger charge is -2.32. The van der Waals surface area contributed by atoms with Crippen LogP contribution in [-0.4, -0.2) is 49.9 Å². The molecule has 3 N–H and O–H groups in total. The van der Waals surface area contributed by atoms with Crippen LogP contribution >= 0.6 is 23.2 Å². The number of ether oxygens (including phenoxy) is 4. The van der Waals surface area contributed by atoms with Gasteiger partial charge in [0.1, 0.15) is 17.2 Å². The standard InChI is InChI=1S/C36H36Cl2N6O6/c1-47-29-14-10-26(32(19-29)48-2)22-40-43-35(46)36(20-24-6-3-4-7-25(24)21-41-44-39)33(30-15-11-27(37)18-31(30)38)50-34(42-36)23-8-12-28(13-9-23)49-17-5-16-45/h3-4,6-15,18-19,33,40,45H,5,16-17,20-22H2,1-2H3,(H,43,46)/t33-,36-/m0/s1. The van der Waals surface area contributed by atoms with E-state index in [9.17, 15) is 4.79 Å². The largest absolute Gasteiger partial charge is 0.497 e. The molecule has 1 aliphatic heterocycles. The van der Waals surface area contributed by atoms with Crippen LogP contribution in [-0.2, 0) is 29.0 Å². The van der Waals surface area contributed by atoms with E-state index in [1.54, 1.807) is 68.8 Å². The zero-order valence-electron chi connectivity index (χ0n) is 27.4. The molecular weight excluding hydrogens is 683 g/mol. The molecule has 0 fully saturated rings. The van der Waals surface area contributed by atoms with Crippen molar-refractivity contribution in [1.82, 2.24) is 10.9 Å². The molecule has 0 aromatic heterocycles. The molecular formula is C36H36Cl2N6O6. The summed E-state index contributed by atoms with van der Waals surface area (Å²) in [6.07, 6.45) is -0.453. The lowest BCUT2D eigenvalue weighted by atomic mass is 9.81. The fourth-order valence-electron chi connectivity index (χ4n) is 5.58. The second kappa shape index (κ2) is 17.1. The summed E-state index contributed by atoms with van der Waals surface area (Å²) in [6.45, 7) is 0.666. The molecule has 1 amide bonds. The molecule has 0 saturated carbocycles. The lowest BCUT2D eigenvalue weighted by Crippen LogP contribution is -2.53. The van der Waals surface area contributed by atoms with Crippen molar-refractivity contribution in [3.8, 4) is 17.2 Å². The molecule has 0 aliphatic carbocycles. The van der Waals surface area contributed by atoms with Gasteiger partial charge in [-0.25, -0.2) is 10.4 Å². The number of azide groups is 1. The first-order chi connectivity index (χ1) is 24.3. The van der Waals surface area contributed by atoms with E-state index in [0.717, 1.165) is 16.7 Å². The van der Waals surface area contributed by atoms with E-state index in [4.69, 9.17) is 57.8 Å². The summed E-state index contributed by atoms with van der Waals surface area (Å²) in [5.74, 6) is 1.52.